The van der Waals surface area contributed by atoms with Crippen molar-refractivity contribution in [1.29, 1.82) is 0 Å². The van der Waals surface area contributed by atoms with Gasteiger partial charge in [-0.2, -0.15) is 5.10 Å². The number of carbonyl (C=O) groups excluding carboxylic acids is 2. The van der Waals surface area contributed by atoms with Crippen LogP contribution < -0.4 is 10.2 Å². The fraction of sp³-hybridized carbons (Fsp3) is 0.192. The van der Waals surface area contributed by atoms with Gasteiger partial charge >= 0.3 is 0 Å². The van der Waals surface area contributed by atoms with Crippen LogP contribution in [0.5, 0.6) is 0 Å². The highest BCUT2D eigenvalue weighted by Gasteiger charge is 2.49. The Labute approximate surface area is 191 Å². The highest BCUT2D eigenvalue weighted by Crippen LogP contribution is 2.35. The Hall–Kier alpha value is -4.13. The van der Waals surface area contributed by atoms with Crippen molar-refractivity contribution in [3.8, 4) is 11.5 Å². The molecule has 0 spiro atoms. The van der Waals surface area contributed by atoms with Crippen LogP contribution in [0, 0.1) is 6.92 Å². The second kappa shape index (κ2) is 8.09. The summed E-state index contributed by atoms with van der Waals surface area (Å²) in [5, 5.41) is 7.61. The molecule has 1 N–H and O–H groups in total. The van der Waals surface area contributed by atoms with E-state index < -0.39 is 5.54 Å². The molecular weight excluding hydrogens is 416 g/mol. The first-order chi connectivity index (χ1) is 16.0. The Bertz CT molecular complexity index is 1310. The number of benzene rings is 2. The second-order valence-electron chi connectivity index (χ2n) is 8.42. The number of furan rings is 1. The number of nitrogens with one attached hydrogen (secondary N) is 1. The lowest BCUT2D eigenvalue weighted by molar-refractivity contribution is -0.126. The van der Waals surface area contributed by atoms with E-state index in [9.17, 15) is 9.59 Å². The monoisotopic (exact) mass is 440 g/mol. The number of amides is 2. The molecule has 0 aliphatic carbocycles. The predicted octanol–water partition coefficient (Wildman–Crippen LogP) is 4.19. The zero-order chi connectivity index (χ0) is 23.0. The van der Waals surface area contributed by atoms with Crippen LogP contribution in [0.15, 0.2) is 83.5 Å². The zero-order valence-electron chi connectivity index (χ0n) is 18.5. The third-order valence-corrected chi connectivity index (χ3v) is 6.07. The van der Waals surface area contributed by atoms with Crippen molar-refractivity contribution in [3.05, 3.63) is 95.9 Å². The highest BCUT2D eigenvalue weighted by molar-refractivity contribution is 6.12. The quantitative estimate of drug-likeness (QED) is 0.505. The summed E-state index contributed by atoms with van der Waals surface area (Å²) in [7, 11) is 0. The topological polar surface area (TPSA) is 80.4 Å². The van der Waals surface area contributed by atoms with Gasteiger partial charge in [-0.15, -0.1) is 0 Å². The maximum atomic E-state index is 13.8. The summed E-state index contributed by atoms with van der Waals surface area (Å²) in [6.07, 6.45) is 1.57. The molecule has 0 fully saturated rings. The van der Waals surface area contributed by atoms with E-state index in [4.69, 9.17) is 4.42 Å². The molecule has 0 radical (unpaired) electrons. The molecule has 4 aromatic rings. The Morgan fingerprint density at radius 3 is 2.58 bits per heavy atom. The number of aromatic nitrogens is 2. The average molecular weight is 441 g/mol. The van der Waals surface area contributed by atoms with Crippen LogP contribution in [0.3, 0.4) is 0 Å². The van der Waals surface area contributed by atoms with Gasteiger partial charge in [0.25, 0.3) is 5.91 Å². The summed E-state index contributed by atoms with van der Waals surface area (Å²) >= 11 is 0. The summed E-state index contributed by atoms with van der Waals surface area (Å²) in [6, 6.07) is 22.6. The molecule has 1 aliphatic heterocycles. The average Bonchev–Trinajstić information content (AvgIpc) is 3.49. The van der Waals surface area contributed by atoms with E-state index in [1.54, 1.807) is 41.0 Å². The van der Waals surface area contributed by atoms with E-state index in [0.717, 1.165) is 11.1 Å². The fourth-order valence-corrected chi connectivity index (χ4v) is 4.29. The maximum absolute atomic E-state index is 13.8. The molecular formula is C26H24N4O3. The van der Waals surface area contributed by atoms with Gasteiger partial charge in [0.1, 0.15) is 16.9 Å². The molecule has 1 aliphatic rings. The lowest BCUT2D eigenvalue weighted by Crippen LogP contribution is -2.64. The number of hydrogen-bond donors (Lipinski definition) is 1. The van der Waals surface area contributed by atoms with E-state index >= 15 is 0 Å². The van der Waals surface area contributed by atoms with Crippen LogP contribution >= 0.6 is 0 Å². The van der Waals surface area contributed by atoms with Gasteiger partial charge in [-0.1, -0.05) is 48.5 Å². The highest BCUT2D eigenvalue weighted by atomic mass is 16.3. The number of fused-ring (bicyclic) bond motifs is 1. The minimum absolute atomic E-state index is 0.212. The van der Waals surface area contributed by atoms with Crippen molar-refractivity contribution >= 4 is 17.5 Å². The van der Waals surface area contributed by atoms with E-state index in [0.29, 0.717) is 29.4 Å². The maximum Gasteiger partial charge on any atom is 0.277 e. The number of para-hydroxylation sites is 1. The number of anilines is 1. The molecule has 33 heavy (non-hydrogen) atoms. The van der Waals surface area contributed by atoms with Crippen molar-refractivity contribution in [2.45, 2.75) is 32.5 Å². The van der Waals surface area contributed by atoms with Crippen molar-refractivity contribution in [2.75, 3.05) is 4.90 Å². The number of carbonyl (C=O) groups is 2. The fourth-order valence-electron chi connectivity index (χ4n) is 4.29. The van der Waals surface area contributed by atoms with Gasteiger partial charge in [-0.3, -0.25) is 19.2 Å². The van der Waals surface area contributed by atoms with Gasteiger partial charge in [-0.05, 0) is 43.2 Å². The number of hydrogen-bond acceptors (Lipinski definition) is 4. The molecule has 7 heteroatoms. The number of nitrogens with zero attached hydrogens (tertiary/aromatic N) is 3. The predicted molar refractivity (Wildman–Crippen MR) is 125 cm³/mol. The van der Waals surface area contributed by atoms with Gasteiger partial charge in [0.15, 0.2) is 5.76 Å². The van der Waals surface area contributed by atoms with Crippen LogP contribution in [-0.2, 0) is 17.9 Å². The van der Waals surface area contributed by atoms with Gasteiger partial charge in [0.2, 0.25) is 5.91 Å². The molecule has 0 bridgehead atoms. The molecule has 2 amide bonds. The third kappa shape index (κ3) is 3.61. The molecule has 7 nitrogen and oxygen atoms in total. The molecule has 0 saturated carbocycles. The number of aryl methyl sites for hydroxylation is 1. The molecule has 2 aromatic carbocycles. The van der Waals surface area contributed by atoms with Gasteiger partial charge in [0, 0.05) is 18.3 Å². The van der Waals surface area contributed by atoms with Gasteiger partial charge < -0.3 is 9.73 Å². The smallest absolute Gasteiger partial charge is 0.277 e. The first kappa shape index (κ1) is 20.8. The van der Waals surface area contributed by atoms with Crippen LogP contribution in [0.1, 0.15) is 28.5 Å². The first-order valence-electron chi connectivity index (χ1n) is 10.8. The van der Waals surface area contributed by atoms with E-state index in [-0.39, 0.29) is 18.4 Å². The van der Waals surface area contributed by atoms with Crippen LogP contribution in [0.2, 0.25) is 0 Å². The molecule has 166 valence electrons. The van der Waals surface area contributed by atoms with Gasteiger partial charge in [-0.25, -0.2) is 0 Å². The SMILES string of the molecule is Cc1ccccc1N1C(=O)c2cc(-c3ccco3)nn2C[C@]1(C)C(=O)NCc1ccccc1. The molecule has 5 rings (SSSR count). The largest absolute Gasteiger partial charge is 0.463 e. The van der Waals surface area contributed by atoms with Gasteiger partial charge in [0.05, 0.1) is 12.8 Å². The number of rotatable bonds is 5. The summed E-state index contributed by atoms with van der Waals surface area (Å²) in [5.41, 5.74) is 2.38. The summed E-state index contributed by atoms with van der Waals surface area (Å²) < 4.78 is 7.08. The molecule has 2 aromatic heterocycles. The Kier molecular flexibility index (Phi) is 5.09. The van der Waals surface area contributed by atoms with Crippen molar-refractivity contribution in [3.63, 3.8) is 0 Å². The third-order valence-electron chi connectivity index (χ3n) is 6.07. The molecule has 3 heterocycles. The summed E-state index contributed by atoms with van der Waals surface area (Å²) in [6.45, 7) is 4.30. The lowest BCUT2D eigenvalue weighted by Gasteiger charge is -2.43. The standard InChI is InChI=1S/C26H24N4O3/c1-18-9-6-7-12-21(18)30-24(31)22-15-20(23-13-8-14-33-23)28-29(22)17-26(30,2)25(32)27-16-19-10-4-3-5-11-19/h3-15H,16-17H2,1-2H3,(H,27,32)/t26-/m1/s1. The first-order valence-corrected chi connectivity index (χ1v) is 10.8. The summed E-state index contributed by atoms with van der Waals surface area (Å²) in [4.78, 5) is 29.0. The Morgan fingerprint density at radius 2 is 1.85 bits per heavy atom. The van der Waals surface area contributed by atoms with Crippen LogP contribution in [-0.4, -0.2) is 27.1 Å². The normalized spacial score (nSPS) is 17.6. The van der Waals surface area contributed by atoms with E-state index in [1.165, 1.54) is 0 Å². The minimum atomic E-state index is -1.18. The van der Waals surface area contributed by atoms with Crippen LogP contribution in [0.4, 0.5) is 5.69 Å². The molecule has 1 atom stereocenters. The van der Waals surface area contributed by atoms with Crippen LogP contribution in [0.25, 0.3) is 11.5 Å². The zero-order valence-corrected chi connectivity index (χ0v) is 18.5. The van der Waals surface area contributed by atoms with Crippen molar-refractivity contribution < 1.29 is 14.0 Å². The summed E-state index contributed by atoms with van der Waals surface area (Å²) in [5.74, 6) is 0.0456. The molecule has 0 unspecified atom stereocenters. The van der Waals surface area contributed by atoms with E-state index in [1.807, 2.05) is 61.5 Å². The minimum Gasteiger partial charge on any atom is -0.463 e. The van der Waals surface area contributed by atoms with E-state index in [2.05, 4.69) is 10.4 Å². The molecule has 0 saturated heterocycles. The lowest BCUT2D eigenvalue weighted by atomic mass is 9.93. The van der Waals surface area contributed by atoms with Crippen molar-refractivity contribution in [2.24, 2.45) is 0 Å². The second-order valence-corrected chi connectivity index (χ2v) is 8.42. The Morgan fingerprint density at radius 1 is 1.09 bits per heavy atom. The Balaban J connectivity index is 1.56. The van der Waals surface area contributed by atoms with Crippen molar-refractivity contribution in [1.82, 2.24) is 15.1 Å².